The molecule has 2 nitrogen and oxygen atoms in total. The molecule has 2 heteroatoms. The van der Waals surface area contributed by atoms with Crippen LogP contribution in [-0.4, -0.2) is 12.1 Å². The number of hydrogen-bond acceptors (Lipinski definition) is 2. The van der Waals surface area contributed by atoms with Gasteiger partial charge in [0, 0.05) is 11.5 Å². The Morgan fingerprint density at radius 3 is 2.39 bits per heavy atom. The smallest absolute Gasteiger partial charge is 0.330 e. The quantitative estimate of drug-likeness (QED) is 0.245. The normalized spacial score (nSPS) is 15.5. The fourth-order valence-corrected chi connectivity index (χ4v) is 2.12. The van der Waals surface area contributed by atoms with Gasteiger partial charge in [-0.15, -0.1) is 0 Å². The van der Waals surface area contributed by atoms with Crippen molar-refractivity contribution in [2.45, 2.75) is 65.4 Å². The van der Waals surface area contributed by atoms with Crippen LogP contribution in [-0.2, 0) is 9.53 Å². The Balaban J connectivity index is 4.49. The second-order valence-corrected chi connectivity index (χ2v) is 5.12. The molecule has 0 amide bonds. The van der Waals surface area contributed by atoms with Gasteiger partial charge in [0.1, 0.15) is 6.10 Å². The van der Waals surface area contributed by atoms with Crippen LogP contribution in [0.1, 0.15) is 59.3 Å². The monoisotopic (exact) mass is 252 g/mol. The molecule has 0 spiro atoms. The first-order valence-corrected chi connectivity index (χ1v) is 6.99. The summed E-state index contributed by atoms with van der Waals surface area (Å²) in [6.07, 6.45) is 9.68. The van der Waals surface area contributed by atoms with E-state index in [2.05, 4.69) is 33.9 Å². The highest BCUT2D eigenvalue weighted by Gasteiger charge is 2.32. The maximum Gasteiger partial charge on any atom is 0.330 e. The van der Waals surface area contributed by atoms with E-state index in [1.54, 1.807) is 6.08 Å². The van der Waals surface area contributed by atoms with Gasteiger partial charge in [0.2, 0.25) is 0 Å². The van der Waals surface area contributed by atoms with Crippen molar-refractivity contribution in [3.05, 3.63) is 25.3 Å². The minimum atomic E-state index is -0.367. The summed E-state index contributed by atoms with van der Waals surface area (Å²) in [5.41, 5.74) is -0.0197. The van der Waals surface area contributed by atoms with Crippen molar-refractivity contribution in [1.29, 1.82) is 0 Å². The molecule has 0 aliphatic carbocycles. The van der Waals surface area contributed by atoms with Gasteiger partial charge in [-0.3, -0.25) is 0 Å². The van der Waals surface area contributed by atoms with Crippen molar-refractivity contribution in [3.8, 4) is 0 Å². The van der Waals surface area contributed by atoms with Crippen LogP contribution >= 0.6 is 0 Å². The lowest BCUT2D eigenvalue weighted by molar-refractivity contribution is -0.146. The lowest BCUT2D eigenvalue weighted by Gasteiger charge is -2.34. The average molecular weight is 252 g/mol. The molecule has 0 radical (unpaired) electrons. The predicted molar refractivity (Wildman–Crippen MR) is 77.4 cm³/mol. The maximum atomic E-state index is 11.3. The number of carbonyl (C=O) groups is 1. The van der Waals surface area contributed by atoms with Gasteiger partial charge in [-0.25, -0.2) is 4.79 Å². The van der Waals surface area contributed by atoms with Crippen LogP contribution < -0.4 is 0 Å². The first-order chi connectivity index (χ1) is 8.53. The summed E-state index contributed by atoms with van der Waals surface area (Å²) in [7, 11) is 0. The van der Waals surface area contributed by atoms with E-state index in [4.69, 9.17) is 4.74 Å². The zero-order valence-electron chi connectivity index (χ0n) is 12.2. The van der Waals surface area contributed by atoms with Gasteiger partial charge in [-0.1, -0.05) is 65.7 Å². The van der Waals surface area contributed by atoms with E-state index in [1.807, 2.05) is 0 Å². The molecule has 0 aliphatic rings. The summed E-state index contributed by atoms with van der Waals surface area (Å²) in [6, 6.07) is 0. The molecule has 0 saturated carbocycles. The van der Waals surface area contributed by atoms with Crippen LogP contribution in [0.15, 0.2) is 25.3 Å². The Morgan fingerprint density at radius 1 is 1.28 bits per heavy atom. The van der Waals surface area contributed by atoms with Crippen LogP contribution in [0.3, 0.4) is 0 Å². The molecule has 0 saturated heterocycles. The Bertz CT molecular complexity index is 270. The largest absolute Gasteiger partial charge is 0.454 e. The lowest BCUT2D eigenvalue weighted by Crippen LogP contribution is -2.34. The summed E-state index contributed by atoms with van der Waals surface area (Å²) in [5.74, 6) is -0.367. The molecule has 0 bridgehead atoms. The van der Waals surface area contributed by atoms with Crippen molar-refractivity contribution in [2.24, 2.45) is 5.41 Å². The van der Waals surface area contributed by atoms with Gasteiger partial charge in [0.05, 0.1) is 0 Å². The van der Waals surface area contributed by atoms with Gasteiger partial charge in [-0.05, 0) is 12.8 Å². The molecule has 0 heterocycles. The molecular weight excluding hydrogens is 224 g/mol. The zero-order chi connectivity index (χ0) is 14.0. The Labute approximate surface area is 112 Å². The number of unbranched alkanes of at least 4 members (excludes halogenated alkanes) is 3. The molecule has 2 atom stereocenters. The standard InChI is InChI=1S/C16H28O2/c1-6-10-11-12-13-16(5,9-4)14(7-2)18-15(17)8-3/h7-8,14H,2-3,6,9-13H2,1,4-5H3. The van der Waals surface area contributed by atoms with E-state index < -0.39 is 0 Å². The Kier molecular flexibility index (Phi) is 8.43. The van der Waals surface area contributed by atoms with Crippen LogP contribution in [0.4, 0.5) is 0 Å². The summed E-state index contributed by atoms with van der Waals surface area (Å²) >= 11 is 0. The van der Waals surface area contributed by atoms with Gasteiger partial charge < -0.3 is 4.74 Å². The van der Waals surface area contributed by atoms with Crippen LogP contribution in [0.2, 0.25) is 0 Å². The van der Waals surface area contributed by atoms with Crippen molar-refractivity contribution >= 4 is 5.97 Å². The topological polar surface area (TPSA) is 26.3 Å². The summed E-state index contributed by atoms with van der Waals surface area (Å²) < 4.78 is 5.39. The summed E-state index contributed by atoms with van der Waals surface area (Å²) in [6.45, 7) is 13.7. The SMILES string of the molecule is C=CC(=O)OC(C=C)C(C)(CC)CCCCCC. The number of rotatable bonds is 10. The second-order valence-electron chi connectivity index (χ2n) is 5.12. The fraction of sp³-hybridized carbons (Fsp3) is 0.688. The second kappa shape index (κ2) is 8.96. The molecule has 0 aromatic heterocycles. The van der Waals surface area contributed by atoms with Crippen LogP contribution in [0.25, 0.3) is 0 Å². The van der Waals surface area contributed by atoms with Gasteiger partial charge in [0.25, 0.3) is 0 Å². The molecule has 0 rings (SSSR count). The molecule has 104 valence electrons. The van der Waals surface area contributed by atoms with E-state index in [0.29, 0.717) is 0 Å². The van der Waals surface area contributed by atoms with Gasteiger partial charge in [0.15, 0.2) is 0 Å². The number of hydrogen-bond donors (Lipinski definition) is 0. The van der Waals surface area contributed by atoms with E-state index in [0.717, 1.165) is 12.8 Å². The van der Waals surface area contributed by atoms with Crippen molar-refractivity contribution in [3.63, 3.8) is 0 Å². The highest BCUT2D eigenvalue weighted by Crippen LogP contribution is 2.35. The molecule has 2 unspecified atom stereocenters. The van der Waals surface area contributed by atoms with E-state index in [1.165, 1.54) is 31.8 Å². The average Bonchev–Trinajstić information content (AvgIpc) is 2.40. The predicted octanol–water partition coefficient (Wildman–Crippen LogP) is 4.66. The van der Waals surface area contributed by atoms with Gasteiger partial charge >= 0.3 is 5.97 Å². The van der Waals surface area contributed by atoms with E-state index >= 15 is 0 Å². The molecule has 0 aromatic carbocycles. The third kappa shape index (κ3) is 5.52. The van der Waals surface area contributed by atoms with Gasteiger partial charge in [-0.2, -0.15) is 0 Å². The highest BCUT2D eigenvalue weighted by molar-refractivity contribution is 5.81. The molecule has 0 N–H and O–H groups in total. The minimum absolute atomic E-state index is 0.0197. The maximum absolute atomic E-state index is 11.3. The first-order valence-electron chi connectivity index (χ1n) is 6.99. The third-order valence-electron chi connectivity index (χ3n) is 3.72. The lowest BCUT2D eigenvalue weighted by atomic mass is 9.77. The fourth-order valence-electron chi connectivity index (χ4n) is 2.12. The van der Waals surface area contributed by atoms with Crippen molar-refractivity contribution in [1.82, 2.24) is 0 Å². The summed E-state index contributed by atoms with van der Waals surface area (Å²) in [4.78, 5) is 11.3. The van der Waals surface area contributed by atoms with E-state index in [9.17, 15) is 4.79 Å². The Morgan fingerprint density at radius 2 is 1.94 bits per heavy atom. The summed E-state index contributed by atoms with van der Waals surface area (Å²) in [5, 5.41) is 0. The first kappa shape index (κ1) is 16.9. The zero-order valence-corrected chi connectivity index (χ0v) is 12.2. The molecular formula is C16H28O2. The van der Waals surface area contributed by atoms with Crippen LogP contribution in [0, 0.1) is 5.41 Å². The molecule has 0 fully saturated rings. The minimum Gasteiger partial charge on any atom is -0.454 e. The van der Waals surface area contributed by atoms with Crippen molar-refractivity contribution < 1.29 is 9.53 Å². The number of ether oxygens (including phenoxy) is 1. The van der Waals surface area contributed by atoms with Crippen LogP contribution in [0.5, 0.6) is 0 Å². The molecule has 0 aliphatic heterocycles. The number of esters is 1. The Hall–Kier alpha value is -1.05. The molecule has 18 heavy (non-hydrogen) atoms. The third-order valence-corrected chi connectivity index (χ3v) is 3.72. The highest BCUT2D eigenvalue weighted by atomic mass is 16.5. The molecule has 0 aromatic rings. The van der Waals surface area contributed by atoms with Crippen molar-refractivity contribution in [2.75, 3.05) is 0 Å². The van der Waals surface area contributed by atoms with E-state index in [-0.39, 0.29) is 17.5 Å². The number of carbonyl (C=O) groups excluding carboxylic acids is 1.